The summed E-state index contributed by atoms with van der Waals surface area (Å²) >= 11 is 0. The maximum absolute atomic E-state index is 8.89. The Morgan fingerprint density at radius 3 is 1.53 bits per heavy atom. The Hall–Kier alpha value is -2.50. The summed E-state index contributed by atoms with van der Waals surface area (Å²) in [5.41, 5.74) is -0.0232. The molecule has 0 spiro atoms. The molecule has 0 radical (unpaired) electrons. The smallest absolute Gasteiger partial charge is 0.177 e. The molecule has 2 rings (SSSR count). The van der Waals surface area contributed by atoms with Crippen LogP contribution in [0.15, 0.2) is 55.9 Å². The molecule has 0 fully saturated rings. The first kappa shape index (κ1) is 12.6. The van der Waals surface area contributed by atoms with Gasteiger partial charge in [-0.25, -0.2) is 0 Å². The molecule has 0 aliphatic heterocycles. The van der Waals surface area contributed by atoms with E-state index in [1.165, 1.54) is 12.5 Å². The minimum absolute atomic E-state index is 0. The van der Waals surface area contributed by atoms with Gasteiger partial charge in [-0.1, -0.05) is 17.7 Å². The molecule has 0 atom stereocenters. The zero-order valence-corrected chi connectivity index (χ0v) is 8.07. The molecular formula is C11H12N2O4. The zero-order chi connectivity index (χ0) is 11.4. The second kappa shape index (κ2) is 5.55. The predicted molar refractivity (Wildman–Crippen MR) is 60.8 cm³/mol. The lowest BCUT2D eigenvalue weighted by Gasteiger charge is -2.00. The third-order valence-corrected chi connectivity index (χ3v) is 1.93. The van der Waals surface area contributed by atoms with E-state index in [1.807, 2.05) is 0 Å². The van der Waals surface area contributed by atoms with Crippen LogP contribution < -0.4 is 0 Å². The molecule has 0 aliphatic rings. The molecule has 0 bridgehead atoms. The molecule has 2 aromatic heterocycles. The van der Waals surface area contributed by atoms with Gasteiger partial charge < -0.3 is 19.2 Å². The van der Waals surface area contributed by atoms with Crippen LogP contribution in [-0.2, 0) is 0 Å². The Morgan fingerprint density at radius 2 is 1.29 bits per heavy atom. The van der Waals surface area contributed by atoms with Crippen molar-refractivity contribution in [3.63, 3.8) is 0 Å². The highest BCUT2D eigenvalue weighted by molar-refractivity contribution is 6.52. The van der Waals surface area contributed by atoms with Crippen LogP contribution in [0.1, 0.15) is 18.9 Å². The molecule has 0 unspecified atom stereocenters. The Labute approximate surface area is 97.5 Å². The fourth-order valence-electron chi connectivity index (χ4n) is 1.25. The highest BCUT2D eigenvalue weighted by Gasteiger charge is 2.20. The van der Waals surface area contributed by atoms with Gasteiger partial charge in [0.15, 0.2) is 22.9 Å². The molecule has 0 aromatic carbocycles. The van der Waals surface area contributed by atoms with Gasteiger partial charge in [0.25, 0.3) is 0 Å². The first-order valence-corrected chi connectivity index (χ1v) is 4.39. The average Bonchev–Trinajstić information content (AvgIpc) is 2.97. The molecule has 0 saturated heterocycles. The lowest BCUT2D eigenvalue weighted by atomic mass is 10.1. The van der Waals surface area contributed by atoms with Gasteiger partial charge in [0, 0.05) is 0 Å². The van der Waals surface area contributed by atoms with Crippen molar-refractivity contribution in [2.24, 2.45) is 10.3 Å². The first-order chi connectivity index (χ1) is 7.86. The van der Waals surface area contributed by atoms with Crippen LogP contribution in [0, 0.1) is 0 Å². The fourth-order valence-corrected chi connectivity index (χ4v) is 1.25. The molecule has 0 aliphatic carbocycles. The maximum atomic E-state index is 8.89. The second-order valence-electron chi connectivity index (χ2n) is 2.85. The molecule has 0 saturated carbocycles. The molecule has 2 heterocycles. The summed E-state index contributed by atoms with van der Waals surface area (Å²) in [7, 11) is 0. The Kier molecular flexibility index (Phi) is 4.10. The lowest BCUT2D eigenvalue weighted by molar-refractivity contribution is 0.312. The van der Waals surface area contributed by atoms with Crippen LogP contribution in [0.5, 0.6) is 0 Å². The van der Waals surface area contributed by atoms with Crippen molar-refractivity contribution < 1.29 is 19.2 Å². The van der Waals surface area contributed by atoms with Crippen LogP contribution in [0.2, 0.25) is 0 Å². The van der Waals surface area contributed by atoms with Crippen LogP contribution in [0.4, 0.5) is 0 Å². The summed E-state index contributed by atoms with van der Waals surface area (Å²) in [5.74, 6) is 0.540. The molecule has 0 amide bonds. The average molecular weight is 236 g/mol. The Morgan fingerprint density at radius 1 is 0.882 bits per heavy atom. The Bertz CT molecular complexity index is 449. The van der Waals surface area contributed by atoms with Gasteiger partial charge in [0.1, 0.15) is 0 Å². The normalized spacial score (nSPS) is 12.2. The number of rotatable bonds is 3. The summed E-state index contributed by atoms with van der Waals surface area (Å²) < 4.78 is 10.1. The zero-order valence-electron chi connectivity index (χ0n) is 8.07. The van der Waals surface area contributed by atoms with Gasteiger partial charge in [-0.05, 0) is 24.3 Å². The van der Waals surface area contributed by atoms with Crippen molar-refractivity contribution in [1.29, 1.82) is 0 Å². The summed E-state index contributed by atoms with van der Waals surface area (Å²) in [6.07, 6.45) is 2.83. The third kappa shape index (κ3) is 2.36. The summed E-state index contributed by atoms with van der Waals surface area (Å²) in [5, 5.41) is 23.8. The van der Waals surface area contributed by atoms with E-state index in [1.54, 1.807) is 24.3 Å². The van der Waals surface area contributed by atoms with E-state index in [0.717, 1.165) is 0 Å². The van der Waals surface area contributed by atoms with Crippen LogP contribution in [-0.4, -0.2) is 21.8 Å². The van der Waals surface area contributed by atoms with Gasteiger partial charge in [-0.2, -0.15) is 0 Å². The Balaban J connectivity index is 0.00000144. The van der Waals surface area contributed by atoms with Crippen molar-refractivity contribution in [2.75, 3.05) is 0 Å². The number of hydrogen-bond acceptors (Lipinski definition) is 6. The molecular weight excluding hydrogens is 224 g/mol. The van der Waals surface area contributed by atoms with E-state index in [4.69, 9.17) is 19.2 Å². The van der Waals surface area contributed by atoms with Crippen molar-refractivity contribution >= 4 is 11.4 Å². The standard InChI is InChI=1S/C10H8N2O4.CH4/c13-11-9(7-3-1-5-15-7)10(12-14)8-4-2-6-16-8;/h1-6,13-14H;1H4. The number of furan rings is 2. The fraction of sp³-hybridized carbons (Fsp3) is 0.0909. The summed E-state index contributed by atoms with van der Waals surface area (Å²) in [6.45, 7) is 0. The molecule has 6 heteroatoms. The molecule has 90 valence electrons. The number of hydrogen-bond donors (Lipinski definition) is 2. The predicted octanol–water partition coefficient (Wildman–Crippen LogP) is 2.57. The minimum atomic E-state index is -0.0116. The number of nitrogens with zero attached hydrogens (tertiary/aromatic N) is 2. The van der Waals surface area contributed by atoms with E-state index < -0.39 is 0 Å². The maximum Gasteiger partial charge on any atom is 0.177 e. The van der Waals surface area contributed by atoms with Crippen LogP contribution in [0.3, 0.4) is 0 Å². The van der Waals surface area contributed by atoms with Crippen molar-refractivity contribution in [3.05, 3.63) is 48.3 Å². The molecule has 17 heavy (non-hydrogen) atoms. The van der Waals surface area contributed by atoms with E-state index in [2.05, 4.69) is 10.3 Å². The molecule has 6 nitrogen and oxygen atoms in total. The molecule has 2 N–H and O–H groups in total. The molecule has 2 aromatic rings. The van der Waals surface area contributed by atoms with E-state index in [9.17, 15) is 0 Å². The van der Waals surface area contributed by atoms with Crippen molar-refractivity contribution in [3.8, 4) is 0 Å². The first-order valence-electron chi connectivity index (χ1n) is 4.39. The highest BCUT2D eigenvalue weighted by Crippen LogP contribution is 2.10. The monoisotopic (exact) mass is 236 g/mol. The van der Waals surface area contributed by atoms with Gasteiger partial charge in [-0.15, -0.1) is 0 Å². The van der Waals surface area contributed by atoms with Gasteiger partial charge >= 0.3 is 0 Å². The number of oxime groups is 2. The SMILES string of the molecule is C.ON=C(C(=NO)c1ccco1)c1ccco1. The van der Waals surface area contributed by atoms with Gasteiger partial charge in [-0.3, -0.25) is 0 Å². The summed E-state index contributed by atoms with van der Waals surface area (Å²) in [6, 6.07) is 6.39. The minimum Gasteiger partial charge on any atom is -0.463 e. The third-order valence-electron chi connectivity index (χ3n) is 1.93. The van der Waals surface area contributed by atoms with E-state index in [0.29, 0.717) is 0 Å². The van der Waals surface area contributed by atoms with Crippen molar-refractivity contribution in [1.82, 2.24) is 0 Å². The van der Waals surface area contributed by atoms with Gasteiger partial charge in [0.2, 0.25) is 0 Å². The lowest BCUT2D eigenvalue weighted by Crippen LogP contribution is -2.16. The quantitative estimate of drug-likeness (QED) is 0.486. The van der Waals surface area contributed by atoms with Crippen molar-refractivity contribution in [2.45, 2.75) is 7.43 Å². The van der Waals surface area contributed by atoms with Crippen LogP contribution >= 0.6 is 0 Å². The topological polar surface area (TPSA) is 91.5 Å². The van der Waals surface area contributed by atoms with Gasteiger partial charge in [0.05, 0.1) is 12.5 Å². The largest absolute Gasteiger partial charge is 0.463 e. The highest BCUT2D eigenvalue weighted by atomic mass is 16.4. The van der Waals surface area contributed by atoms with Crippen LogP contribution in [0.25, 0.3) is 0 Å². The second-order valence-corrected chi connectivity index (χ2v) is 2.85. The van der Waals surface area contributed by atoms with E-state index in [-0.39, 0.29) is 30.4 Å². The summed E-state index contributed by atoms with van der Waals surface area (Å²) in [4.78, 5) is 0. The van der Waals surface area contributed by atoms with E-state index >= 15 is 0 Å².